The number of H-pyrrole nitrogens is 1. The smallest absolute Gasteiger partial charge is 0.326 e. The SMILES string of the molecule is CC(NC(=O)Cn1c(=O)[nH]c2ccccc21)C(O)c1ccc(F)cc1. The van der Waals surface area contributed by atoms with E-state index in [2.05, 4.69) is 10.3 Å². The third kappa shape index (κ3) is 3.61. The van der Waals surface area contributed by atoms with Gasteiger partial charge in [0.25, 0.3) is 0 Å². The molecule has 7 heteroatoms. The van der Waals surface area contributed by atoms with Gasteiger partial charge in [0.2, 0.25) is 5.91 Å². The quantitative estimate of drug-likeness (QED) is 0.659. The average molecular weight is 343 g/mol. The van der Waals surface area contributed by atoms with E-state index in [1.807, 2.05) is 0 Å². The zero-order chi connectivity index (χ0) is 18.0. The van der Waals surface area contributed by atoms with Gasteiger partial charge in [0, 0.05) is 0 Å². The fraction of sp³-hybridized carbons (Fsp3) is 0.222. The highest BCUT2D eigenvalue weighted by atomic mass is 19.1. The standard InChI is InChI=1S/C18H18FN3O3/c1-11(17(24)12-6-8-13(19)9-7-12)20-16(23)10-22-15-5-3-2-4-14(15)21-18(22)25/h2-9,11,17,24H,10H2,1H3,(H,20,23)(H,21,25). The number of carbonyl (C=O) groups is 1. The Hall–Kier alpha value is -2.93. The Balaban J connectivity index is 1.70. The van der Waals surface area contributed by atoms with Crippen LogP contribution in [0.5, 0.6) is 0 Å². The average Bonchev–Trinajstić information content (AvgIpc) is 2.90. The number of halogens is 1. The topological polar surface area (TPSA) is 87.1 Å². The summed E-state index contributed by atoms with van der Waals surface area (Å²) in [5.74, 6) is -0.799. The zero-order valence-corrected chi connectivity index (χ0v) is 13.6. The molecule has 0 aliphatic carbocycles. The van der Waals surface area contributed by atoms with Crippen molar-refractivity contribution in [2.45, 2.75) is 25.6 Å². The molecule has 0 radical (unpaired) electrons. The monoisotopic (exact) mass is 343 g/mol. The number of hydrogen-bond donors (Lipinski definition) is 3. The Bertz CT molecular complexity index is 946. The molecule has 0 aliphatic heterocycles. The molecule has 0 bridgehead atoms. The first-order valence-electron chi connectivity index (χ1n) is 7.86. The summed E-state index contributed by atoms with van der Waals surface area (Å²) in [6.45, 7) is 1.48. The Morgan fingerprint density at radius 1 is 1.24 bits per heavy atom. The fourth-order valence-electron chi connectivity index (χ4n) is 2.73. The van der Waals surface area contributed by atoms with E-state index < -0.39 is 23.9 Å². The number of para-hydroxylation sites is 2. The van der Waals surface area contributed by atoms with Crippen molar-refractivity contribution in [2.75, 3.05) is 0 Å². The van der Waals surface area contributed by atoms with Crippen LogP contribution in [0.15, 0.2) is 53.3 Å². The van der Waals surface area contributed by atoms with E-state index in [1.54, 1.807) is 31.2 Å². The summed E-state index contributed by atoms with van der Waals surface area (Å²) in [6, 6.07) is 11.9. The molecule has 0 aliphatic rings. The molecule has 1 heterocycles. The normalized spacial score (nSPS) is 13.6. The Labute approximate surface area is 142 Å². The number of aromatic nitrogens is 2. The lowest BCUT2D eigenvalue weighted by atomic mass is 10.0. The molecule has 0 saturated heterocycles. The van der Waals surface area contributed by atoms with E-state index in [0.29, 0.717) is 16.6 Å². The highest BCUT2D eigenvalue weighted by molar-refractivity contribution is 5.80. The predicted molar refractivity (Wildman–Crippen MR) is 91.5 cm³/mol. The van der Waals surface area contributed by atoms with Crippen LogP contribution in [0, 0.1) is 5.82 Å². The molecule has 2 unspecified atom stereocenters. The van der Waals surface area contributed by atoms with Crippen molar-refractivity contribution in [3.63, 3.8) is 0 Å². The summed E-state index contributed by atoms with van der Waals surface area (Å²) in [7, 11) is 0. The van der Waals surface area contributed by atoms with Crippen molar-refractivity contribution in [3.05, 3.63) is 70.4 Å². The number of aromatic amines is 1. The molecule has 130 valence electrons. The maximum atomic E-state index is 13.0. The summed E-state index contributed by atoms with van der Waals surface area (Å²) in [4.78, 5) is 26.9. The summed E-state index contributed by atoms with van der Waals surface area (Å²) in [5.41, 5.74) is 1.41. The van der Waals surface area contributed by atoms with Crippen molar-refractivity contribution >= 4 is 16.9 Å². The van der Waals surface area contributed by atoms with Crippen molar-refractivity contribution in [2.24, 2.45) is 0 Å². The number of imidazole rings is 1. The Morgan fingerprint density at radius 2 is 1.92 bits per heavy atom. The molecule has 2 atom stereocenters. The number of hydrogen-bond acceptors (Lipinski definition) is 3. The third-order valence-corrected chi connectivity index (χ3v) is 4.06. The molecule has 3 rings (SSSR count). The van der Waals surface area contributed by atoms with E-state index in [0.717, 1.165) is 0 Å². The molecular formula is C18H18FN3O3. The van der Waals surface area contributed by atoms with Gasteiger partial charge in [0.05, 0.1) is 23.2 Å². The second-order valence-corrected chi connectivity index (χ2v) is 5.89. The first-order valence-corrected chi connectivity index (χ1v) is 7.86. The van der Waals surface area contributed by atoms with Gasteiger partial charge in [-0.1, -0.05) is 24.3 Å². The lowest BCUT2D eigenvalue weighted by Gasteiger charge is -2.20. The van der Waals surface area contributed by atoms with E-state index in [1.165, 1.54) is 28.8 Å². The van der Waals surface area contributed by atoms with Gasteiger partial charge >= 0.3 is 5.69 Å². The van der Waals surface area contributed by atoms with Crippen LogP contribution < -0.4 is 11.0 Å². The largest absolute Gasteiger partial charge is 0.386 e. The van der Waals surface area contributed by atoms with Crippen LogP contribution in [-0.2, 0) is 11.3 Å². The summed E-state index contributed by atoms with van der Waals surface area (Å²) in [5, 5.41) is 12.9. The molecule has 6 nitrogen and oxygen atoms in total. The van der Waals surface area contributed by atoms with Gasteiger partial charge in [0.1, 0.15) is 12.4 Å². The number of aliphatic hydroxyl groups is 1. The molecule has 2 aromatic carbocycles. The molecule has 3 aromatic rings. The maximum absolute atomic E-state index is 13.0. The molecular weight excluding hydrogens is 325 g/mol. The minimum absolute atomic E-state index is 0.163. The lowest BCUT2D eigenvalue weighted by Crippen LogP contribution is -2.40. The Kier molecular flexibility index (Phi) is 4.67. The van der Waals surface area contributed by atoms with E-state index >= 15 is 0 Å². The number of amides is 1. The third-order valence-electron chi connectivity index (χ3n) is 4.06. The van der Waals surface area contributed by atoms with Crippen LogP contribution in [0.25, 0.3) is 11.0 Å². The second kappa shape index (κ2) is 6.90. The molecule has 1 aromatic heterocycles. The zero-order valence-electron chi connectivity index (χ0n) is 13.6. The van der Waals surface area contributed by atoms with Crippen LogP contribution in [0.2, 0.25) is 0 Å². The van der Waals surface area contributed by atoms with Gasteiger partial charge in [0.15, 0.2) is 0 Å². The van der Waals surface area contributed by atoms with Crippen LogP contribution in [0.1, 0.15) is 18.6 Å². The van der Waals surface area contributed by atoms with Crippen molar-refractivity contribution < 1.29 is 14.3 Å². The second-order valence-electron chi connectivity index (χ2n) is 5.89. The van der Waals surface area contributed by atoms with Gasteiger partial charge in [-0.3, -0.25) is 9.36 Å². The minimum atomic E-state index is -0.982. The number of rotatable bonds is 5. The van der Waals surface area contributed by atoms with Gasteiger partial charge in [-0.25, -0.2) is 9.18 Å². The van der Waals surface area contributed by atoms with Crippen LogP contribution in [0.4, 0.5) is 4.39 Å². The molecule has 3 N–H and O–H groups in total. The number of fused-ring (bicyclic) bond motifs is 1. The first-order chi connectivity index (χ1) is 12.0. The number of carbonyl (C=O) groups excluding carboxylic acids is 1. The Morgan fingerprint density at radius 3 is 2.64 bits per heavy atom. The van der Waals surface area contributed by atoms with E-state index in [-0.39, 0.29) is 12.2 Å². The molecule has 25 heavy (non-hydrogen) atoms. The van der Waals surface area contributed by atoms with Gasteiger partial charge in [-0.15, -0.1) is 0 Å². The van der Waals surface area contributed by atoms with Gasteiger partial charge in [-0.05, 0) is 36.8 Å². The molecule has 0 fully saturated rings. The molecule has 0 spiro atoms. The maximum Gasteiger partial charge on any atom is 0.326 e. The minimum Gasteiger partial charge on any atom is -0.386 e. The molecule has 0 saturated carbocycles. The lowest BCUT2D eigenvalue weighted by molar-refractivity contribution is -0.123. The number of aliphatic hydroxyl groups excluding tert-OH is 1. The van der Waals surface area contributed by atoms with Crippen molar-refractivity contribution in [1.82, 2.24) is 14.9 Å². The summed E-state index contributed by atoms with van der Waals surface area (Å²) in [6.07, 6.45) is -0.982. The highest BCUT2D eigenvalue weighted by Gasteiger charge is 2.19. The van der Waals surface area contributed by atoms with E-state index in [4.69, 9.17) is 0 Å². The van der Waals surface area contributed by atoms with Gasteiger partial charge in [-0.2, -0.15) is 0 Å². The number of nitrogens with zero attached hydrogens (tertiary/aromatic N) is 1. The van der Waals surface area contributed by atoms with Crippen LogP contribution in [0.3, 0.4) is 0 Å². The highest BCUT2D eigenvalue weighted by Crippen LogP contribution is 2.17. The van der Waals surface area contributed by atoms with Crippen molar-refractivity contribution in [3.8, 4) is 0 Å². The summed E-state index contributed by atoms with van der Waals surface area (Å²) >= 11 is 0. The van der Waals surface area contributed by atoms with Gasteiger partial charge < -0.3 is 15.4 Å². The number of benzene rings is 2. The van der Waals surface area contributed by atoms with Crippen molar-refractivity contribution in [1.29, 1.82) is 0 Å². The van der Waals surface area contributed by atoms with Crippen LogP contribution >= 0.6 is 0 Å². The van der Waals surface area contributed by atoms with E-state index in [9.17, 15) is 19.1 Å². The predicted octanol–water partition coefficient (Wildman–Crippen LogP) is 1.71. The van der Waals surface area contributed by atoms with Crippen LogP contribution in [-0.4, -0.2) is 26.6 Å². The summed E-state index contributed by atoms with van der Waals surface area (Å²) < 4.78 is 14.3. The first kappa shape index (κ1) is 16.9. The number of nitrogens with one attached hydrogen (secondary N) is 2. The molecule has 1 amide bonds. The fourth-order valence-corrected chi connectivity index (χ4v) is 2.73.